The number of hydrogen-bond acceptors (Lipinski definition) is 3. The molecule has 60 valence electrons. The molecule has 0 bridgehead atoms. The summed E-state index contributed by atoms with van der Waals surface area (Å²) in [5.41, 5.74) is 5.17. The van der Waals surface area contributed by atoms with Crippen LogP contribution in [0.5, 0.6) is 0 Å². The zero-order valence-corrected chi connectivity index (χ0v) is 9.93. The first-order valence-corrected chi connectivity index (χ1v) is 5.02. The smallest absolute Gasteiger partial charge is 0.116 e. The van der Waals surface area contributed by atoms with E-state index in [0.717, 1.165) is 3.70 Å². The molecule has 0 heterocycles. The first-order chi connectivity index (χ1) is 5.31. The summed E-state index contributed by atoms with van der Waals surface area (Å²) in [6, 6.07) is 0. The van der Waals surface area contributed by atoms with Gasteiger partial charge in [-0.1, -0.05) is 22.6 Å². The molecule has 0 fully saturated rings. The van der Waals surface area contributed by atoms with Crippen molar-refractivity contribution in [3.8, 4) is 0 Å². The van der Waals surface area contributed by atoms with Crippen molar-refractivity contribution in [2.45, 2.75) is 0 Å². The van der Waals surface area contributed by atoms with Gasteiger partial charge in [0.15, 0.2) is 0 Å². The monoisotopic (exact) mass is 375 g/mol. The van der Waals surface area contributed by atoms with Crippen molar-refractivity contribution in [3.63, 3.8) is 0 Å². The highest BCUT2D eigenvalue weighted by molar-refractivity contribution is 14.1. The maximum atomic E-state index is 5.17. The Balaban J connectivity index is 3.77. The second-order valence-corrected chi connectivity index (χ2v) is 3.17. The van der Waals surface area contributed by atoms with Gasteiger partial charge in [-0.3, -0.25) is 4.99 Å². The van der Waals surface area contributed by atoms with Crippen LogP contribution in [0.25, 0.3) is 0 Å². The molecule has 11 heavy (non-hydrogen) atoms. The molecule has 0 amide bonds. The van der Waals surface area contributed by atoms with Crippen LogP contribution in [-0.2, 0) is 0 Å². The first kappa shape index (κ1) is 11.1. The molecule has 3 nitrogen and oxygen atoms in total. The Morgan fingerprint density at radius 2 is 2.09 bits per heavy atom. The van der Waals surface area contributed by atoms with Crippen LogP contribution in [0, 0.1) is 0 Å². The molecule has 0 aliphatic rings. The second-order valence-electron chi connectivity index (χ2n) is 1.34. The molecule has 0 aliphatic heterocycles. The third-order valence-corrected chi connectivity index (χ3v) is 1.59. The molecule has 0 rings (SSSR count). The molecular formula is C6H7I2N3. The predicted octanol–water partition coefficient (Wildman–Crippen LogP) is 2.23. The summed E-state index contributed by atoms with van der Waals surface area (Å²) in [5.74, 6) is 0. The Hall–Kier alpha value is 0.0800. The summed E-state index contributed by atoms with van der Waals surface area (Å²) in [4.78, 5) is 7.79. The average Bonchev–Trinajstić information content (AvgIpc) is 2.04. The van der Waals surface area contributed by atoms with Crippen LogP contribution in [0.2, 0.25) is 0 Å². The lowest BCUT2D eigenvalue weighted by molar-refractivity contribution is 1.48. The minimum atomic E-state index is 0.743. The maximum absolute atomic E-state index is 5.17. The number of aliphatic imine (C=N–C) groups is 2. The van der Waals surface area contributed by atoms with E-state index >= 15 is 0 Å². The fraction of sp³-hybridized carbons (Fsp3) is 0. The largest absolute Gasteiger partial charge is 0.402 e. The molecule has 0 radical (unpaired) electrons. The normalized spacial score (nSPS) is 14.2. The van der Waals surface area contributed by atoms with Gasteiger partial charge < -0.3 is 5.73 Å². The Labute approximate surface area is 92.8 Å². The fourth-order valence-electron chi connectivity index (χ4n) is 0.268. The summed E-state index contributed by atoms with van der Waals surface area (Å²) >= 11 is 4.11. The van der Waals surface area contributed by atoms with Crippen LogP contribution in [0.15, 0.2) is 30.2 Å². The van der Waals surface area contributed by atoms with E-state index in [2.05, 4.69) is 32.6 Å². The standard InChI is InChI=1S/C6H7I2N3/c7-1-2-10-3-4-11-6(8)5-9/h1-5H,9H2/b2-1-,6-5?,10-3?,11-4?. The molecule has 0 aromatic heterocycles. The summed E-state index contributed by atoms with van der Waals surface area (Å²) in [6.45, 7) is 0. The molecular weight excluding hydrogens is 368 g/mol. The SMILES string of the molecule is NC=C(I)N=CC=N/C=C\I. The zero-order valence-electron chi connectivity index (χ0n) is 5.61. The van der Waals surface area contributed by atoms with E-state index in [1.807, 2.05) is 26.7 Å². The molecule has 0 aromatic carbocycles. The summed E-state index contributed by atoms with van der Waals surface area (Å²) in [5, 5.41) is 0. The van der Waals surface area contributed by atoms with Gasteiger partial charge in [0.2, 0.25) is 0 Å². The Morgan fingerprint density at radius 1 is 1.36 bits per heavy atom. The van der Waals surface area contributed by atoms with Gasteiger partial charge >= 0.3 is 0 Å². The fourth-order valence-corrected chi connectivity index (χ4v) is 0.615. The van der Waals surface area contributed by atoms with E-state index in [1.165, 1.54) is 6.20 Å². The maximum Gasteiger partial charge on any atom is 0.116 e. The van der Waals surface area contributed by atoms with Crippen LogP contribution in [-0.4, -0.2) is 12.4 Å². The van der Waals surface area contributed by atoms with Crippen LogP contribution in [0.1, 0.15) is 0 Å². The highest BCUT2D eigenvalue weighted by atomic mass is 127. The lowest BCUT2D eigenvalue weighted by Gasteiger charge is -1.81. The molecule has 0 aliphatic carbocycles. The van der Waals surface area contributed by atoms with E-state index in [-0.39, 0.29) is 0 Å². The van der Waals surface area contributed by atoms with Gasteiger partial charge in [0.1, 0.15) is 3.70 Å². The third kappa shape index (κ3) is 7.98. The van der Waals surface area contributed by atoms with Gasteiger partial charge in [-0.05, 0) is 26.7 Å². The number of nitrogens with two attached hydrogens (primary N) is 1. The molecule has 0 saturated heterocycles. The van der Waals surface area contributed by atoms with E-state index in [9.17, 15) is 0 Å². The van der Waals surface area contributed by atoms with Gasteiger partial charge in [-0.15, -0.1) is 0 Å². The predicted molar refractivity (Wildman–Crippen MR) is 66.4 cm³/mol. The number of nitrogens with zero attached hydrogens (tertiary/aromatic N) is 2. The Bertz CT molecular complexity index is 206. The quantitative estimate of drug-likeness (QED) is 0.459. The molecule has 0 atom stereocenters. The van der Waals surface area contributed by atoms with E-state index in [1.54, 1.807) is 18.6 Å². The van der Waals surface area contributed by atoms with Crippen LogP contribution < -0.4 is 5.73 Å². The third-order valence-electron chi connectivity index (χ3n) is 0.631. The molecule has 5 heteroatoms. The van der Waals surface area contributed by atoms with Crippen molar-refractivity contribution in [3.05, 3.63) is 20.2 Å². The minimum Gasteiger partial charge on any atom is -0.402 e. The van der Waals surface area contributed by atoms with E-state index in [4.69, 9.17) is 5.73 Å². The highest BCUT2D eigenvalue weighted by Gasteiger charge is 1.76. The van der Waals surface area contributed by atoms with Crippen LogP contribution in [0.3, 0.4) is 0 Å². The lowest BCUT2D eigenvalue weighted by atomic mass is 10.8. The molecule has 0 spiro atoms. The number of rotatable bonds is 3. The first-order valence-electron chi connectivity index (χ1n) is 2.69. The van der Waals surface area contributed by atoms with Crippen LogP contribution in [0.4, 0.5) is 0 Å². The van der Waals surface area contributed by atoms with Crippen LogP contribution >= 0.6 is 45.2 Å². The van der Waals surface area contributed by atoms with Crippen molar-refractivity contribution >= 4 is 57.6 Å². The van der Waals surface area contributed by atoms with Crippen molar-refractivity contribution in [1.82, 2.24) is 0 Å². The topological polar surface area (TPSA) is 50.7 Å². The van der Waals surface area contributed by atoms with Crippen molar-refractivity contribution in [2.75, 3.05) is 0 Å². The summed E-state index contributed by atoms with van der Waals surface area (Å²) in [7, 11) is 0. The van der Waals surface area contributed by atoms with Crippen molar-refractivity contribution < 1.29 is 0 Å². The van der Waals surface area contributed by atoms with Gasteiger partial charge in [0.05, 0.1) is 0 Å². The molecule has 0 saturated carbocycles. The number of hydrogen-bond donors (Lipinski definition) is 1. The average molecular weight is 375 g/mol. The Kier molecular flexibility index (Phi) is 8.24. The van der Waals surface area contributed by atoms with Gasteiger partial charge in [0.25, 0.3) is 0 Å². The number of halogens is 2. The summed E-state index contributed by atoms with van der Waals surface area (Å²) in [6.07, 6.45) is 6.28. The molecule has 2 N–H and O–H groups in total. The highest BCUT2D eigenvalue weighted by Crippen LogP contribution is 2.02. The molecule has 0 unspecified atom stereocenters. The summed E-state index contributed by atoms with van der Waals surface area (Å²) < 4.78 is 2.55. The van der Waals surface area contributed by atoms with Gasteiger partial charge in [0, 0.05) is 24.8 Å². The van der Waals surface area contributed by atoms with Crippen molar-refractivity contribution in [2.24, 2.45) is 15.7 Å². The molecule has 0 aromatic rings. The minimum absolute atomic E-state index is 0.743. The van der Waals surface area contributed by atoms with Gasteiger partial charge in [-0.2, -0.15) is 0 Å². The van der Waals surface area contributed by atoms with Crippen molar-refractivity contribution in [1.29, 1.82) is 0 Å². The van der Waals surface area contributed by atoms with E-state index in [0.29, 0.717) is 0 Å². The zero-order chi connectivity index (χ0) is 8.53. The Morgan fingerprint density at radius 3 is 2.64 bits per heavy atom. The van der Waals surface area contributed by atoms with Gasteiger partial charge in [-0.25, -0.2) is 4.99 Å². The van der Waals surface area contributed by atoms with E-state index < -0.39 is 0 Å². The second kappa shape index (κ2) is 8.18. The lowest BCUT2D eigenvalue weighted by Crippen LogP contribution is -1.80.